The first-order valence-electron chi connectivity index (χ1n) is 7.00. The molecule has 0 aliphatic rings. The maximum atomic E-state index is 12.6. The van der Waals surface area contributed by atoms with Gasteiger partial charge in [0, 0.05) is 10.0 Å². The lowest BCUT2D eigenvalue weighted by molar-refractivity contribution is 0.835. The fourth-order valence-electron chi connectivity index (χ4n) is 2.18. The number of H-pyrrole nitrogens is 1. The average molecular weight is 416 g/mol. The van der Waals surface area contributed by atoms with Crippen LogP contribution in [-0.4, -0.2) is 9.78 Å². The summed E-state index contributed by atoms with van der Waals surface area (Å²) in [6.45, 7) is 1.71. The molecule has 2 aromatic carbocycles. The Bertz CT molecular complexity index is 1020. The van der Waals surface area contributed by atoms with E-state index in [-0.39, 0.29) is 27.0 Å². The molecule has 3 aromatic rings. The highest BCUT2D eigenvalue weighted by atomic mass is 35.5. The van der Waals surface area contributed by atoms with Gasteiger partial charge in [-0.2, -0.15) is 0 Å². The van der Waals surface area contributed by atoms with Gasteiger partial charge in [-0.3, -0.25) is 9.89 Å². The van der Waals surface area contributed by atoms with Gasteiger partial charge in [-0.1, -0.05) is 52.5 Å². The van der Waals surface area contributed by atoms with E-state index in [1.165, 1.54) is 16.8 Å². The first-order valence-corrected chi connectivity index (χ1v) is 8.52. The minimum absolute atomic E-state index is 0.141. The van der Waals surface area contributed by atoms with Crippen molar-refractivity contribution in [2.24, 2.45) is 10.2 Å². The Balaban J connectivity index is 2.04. The predicted molar refractivity (Wildman–Crippen MR) is 102 cm³/mol. The Labute approximate surface area is 162 Å². The van der Waals surface area contributed by atoms with Crippen molar-refractivity contribution in [2.45, 2.75) is 6.92 Å². The van der Waals surface area contributed by atoms with Crippen LogP contribution < -0.4 is 5.56 Å². The highest BCUT2D eigenvalue weighted by Gasteiger charge is 2.13. The molecular weight excluding hydrogens is 406 g/mol. The number of hydrogen-bond acceptors (Lipinski definition) is 3. The molecule has 5 nitrogen and oxygen atoms in total. The van der Waals surface area contributed by atoms with Crippen LogP contribution in [0.3, 0.4) is 0 Å². The summed E-state index contributed by atoms with van der Waals surface area (Å²) >= 11 is 24.0. The van der Waals surface area contributed by atoms with Crippen LogP contribution in [-0.2, 0) is 0 Å². The summed E-state index contributed by atoms with van der Waals surface area (Å²) in [5.74, 6) is 0. The first-order chi connectivity index (χ1) is 11.9. The molecule has 0 bridgehead atoms. The normalized spacial score (nSPS) is 11.4. The molecule has 0 amide bonds. The zero-order valence-corrected chi connectivity index (χ0v) is 15.7. The zero-order chi connectivity index (χ0) is 18.1. The maximum absolute atomic E-state index is 12.6. The Morgan fingerprint density at radius 2 is 1.56 bits per heavy atom. The highest BCUT2D eigenvalue weighted by molar-refractivity contribution is 6.41. The quantitative estimate of drug-likeness (QED) is 0.487. The second-order valence-electron chi connectivity index (χ2n) is 5.12. The molecule has 0 spiro atoms. The molecule has 0 atom stereocenters. The molecule has 1 aromatic heterocycles. The number of aromatic nitrogens is 2. The van der Waals surface area contributed by atoms with E-state index in [0.717, 1.165) is 0 Å². The van der Waals surface area contributed by atoms with Crippen LogP contribution in [0.15, 0.2) is 51.4 Å². The van der Waals surface area contributed by atoms with Crippen molar-refractivity contribution in [3.05, 3.63) is 72.5 Å². The molecule has 0 aliphatic carbocycles. The van der Waals surface area contributed by atoms with Gasteiger partial charge in [-0.05, 0) is 37.3 Å². The summed E-state index contributed by atoms with van der Waals surface area (Å²) in [6, 6.07) is 9.87. The van der Waals surface area contributed by atoms with E-state index in [0.29, 0.717) is 21.4 Å². The van der Waals surface area contributed by atoms with E-state index in [9.17, 15) is 4.79 Å². The van der Waals surface area contributed by atoms with Crippen molar-refractivity contribution in [1.29, 1.82) is 0 Å². The van der Waals surface area contributed by atoms with Crippen LogP contribution in [0, 0.1) is 6.92 Å². The minimum Gasteiger partial charge on any atom is -0.293 e. The molecule has 0 fully saturated rings. The van der Waals surface area contributed by atoms with Gasteiger partial charge in [0.25, 0.3) is 5.56 Å². The topological polar surface area (TPSA) is 62.5 Å². The molecule has 25 heavy (non-hydrogen) atoms. The van der Waals surface area contributed by atoms with Crippen molar-refractivity contribution in [2.75, 3.05) is 0 Å². The Morgan fingerprint density at radius 3 is 2.20 bits per heavy atom. The number of benzene rings is 2. The van der Waals surface area contributed by atoms with Crippen molar-refractivity contribution in [3.63, 3.8) is 0 Å². The summed E-state index contributed by atoms with van der Waals surface area (Å²) in [5.41, 5.74) is 1.13. The second-order valence-corrected chi connectivity index (χ2v) is 6.81. The fraction of sp³-hybridized carbons (Fsp3) is 0.0625. The summed E-state index contributed by atoms with van der Waals surface area (Å²) in [6.07, 6.45) is 0. The summed E-state index contributed by atoms with van der Waals surface area (Å²) < 4.78 is 1.33. The summed E-state index contributed by atoms with van der Waals surface area (Å²) in [4.78, 5) is 12.6. The molecule has 1 N–H and O–H groups in total. The molecule has 0 saturated heterocycles. The van der Waals surface area contributed by atoms with Gasteiger partial charge in [-0.25, -0.2) is 4.68 Å². The van der Waals surface area contributed by atoms with E-state index in [4.69, 9.17) is 46.4 Å². The van der Waals surface area contributed by atoms with Gasteiger partial charge in [0.05, 0.1) is 21.4 Å². The Hall–Kier alpha value is -1.79. The Morgan fingerprint density at radius 1 is 0.920 bits per heavy atom. The van der Waals surface area contributed by atoms with Crippen LogP contribution in [0.2, 0.25) is 20.1 Å². The molecule has 0 unspecified atom stereocenters. The molecule has 1 heterocycles. The van der Waals surface area contributed by atoms with E-state index in [1.54, 1.807) is 31.2 Å². The van der Waals surface area contributed by atoms with Crippen molar-refractivity contribution in [3.8, 4) is 5.69 Å². The maximum Gasteiger partial charge on any atom is 0.299 e. The van der Waals surface area contributed by atoms with Crippen LogP contribution in [0.4, 0.5) is 11.4 Å². The standard InChI is InChI=1S/C16H10Cl4N4O/c1-8-14(21-22-15-12(19)6-10(18)7-13(15)20)16(25)24(23-8)11-4-2-3-9(17)5-11/h2-7,23H,1H3. The number of nitrogens with zero attached hydrogens (tertiary/aromatic N) is 3. The summed E-state index contributed by atoms with van der Waals surface area (Å²) in [7, 11) is 0. The van der Waals surface area contributed by atoms with Gasteiger partial charge in [0.1, 0.15) is 5.69 Å². The number of aromatic amines is 1. The van der Waals surface area contributed by atoms with Gasteiger partial charge >= 0.3 is 0 Å². The molecule has 128 valence electrons. The van der Waals surface area contributed by atoms with Gasteiger partial charge in [-0.15, -0.1) is 10.2 Å². The number of hydrogen-bond donors (Lipinski definition) is 1. The van der Waals surface area contributed by atoms with E-state index >= 15 is 0 Å². The van der Waals surface area contributed by atoms with Crippen LogP contribution in [0.5, 0.6) is 0 Å². The number of halogens is 4. The van der Waals surface area contributed by atoms with E-state index < -0.39 is 0 Å². The van der Waals surface area contributed by atoms with Crippen molar-refractivity contribution < 1.29 is 0 Å². The largest absolute Gasteiger partial charge is 0.299 e. The SMILES string of the molecule is Cc1[nH]n(-c2cccc(Cl)c2)c(=O)c1N=Nc1c(Cl)cc(Cl)cc1Cl. The fourth-order valence-corrected chi connectivity index (χ4v) is 3.26. The molecule has 0 saturated carbocycles. The highest BCUT2D eigenvalue weighted by Crippen LogP contribution is 2.36. The van der Waals surface area contributed by atoms with E-state index in [2.05, 4.69) is 15.3 Å². The summed E-state index contributed by atoms with van der Waals surface area (Å²) in [5, 5.41) is 12.3. The van der Waals surface area contributed by atoms with Crippen molar-refractivity contribution in [1.82, 2.24) is 9.78 Å². The number of azo groups is 1. The van der Waals surface area contributed by atoms with Crippen LogP contribution in [0.1, 0.15) is 5.69 Å². The number of rotatable bonds is 3. The number of nitrogens with one attached hydrogen (secondary N) is 1. The number of aryl methyl sites for hydroxylation is 1. The third-order valence-corrected chi connectivity index (χ3v) is 4.37. The van der Waals surface area contributed by atoms with Gasteiger partial charge < -0.3 is 0 Å². The predicted octanol–water partition coefficient (Wildman–Crippen LogP) is 6.50. The van der Waals surface area contributed by atoms with E-state index in [1.807, 2.05) is 0 Å². The lowest BCUT2D eigenvalue weighted by atomic mass is 10.3. The van der Waals surface area contributed by atoms with Gasteiger partial charge in [0.2, 0.25) is 0 Å². The lowest BCUT2D eigenvalue weighted by Crippen LogP contribution is -2.13. The Kier molecular flexibility index (Phi) is 5.20. The third kappa shape index (κ3) is 3.75. The van der Waals surface area contributed by atoms with Crippen molar-refractivity contribution >= 4 is 57.8 Å². The minimum atomic E-state index is -0.371. The molecule has 9 heteroatoms. The van der Waals surface area contributed by atoms with Crippen LogP contribution in [0.25, 0.3) is 5.69 Å². The second kappa shape index (κ2) is 7.22. The average Bonchev–Trinajstić information content (AvgIpc) is 2.81. The molecule has 3 rings (SSSR count). The molecule has 0 radical (unpaired) electrons. The molecule has 0 aliphatic heterocycles. The smallest absolute Gasteiger partial charge is 0.293 e. The lowest BCUT2D eigenvalue weighted by Gasteiger charge is -2.01. The molecular formula is C16H10Cl4N4O. The zero-order valence-electron chi connectivity index (χ0n) is 12.7. The third-order valence-electron chi connectivity index (χ3n) is 3.34. The first kappa shape index (κ1) is 18.0. The van der Waals surface area contributed by atoms with Crippen LogP contribution >= 0.6 is 46.4 Å². The van der Waals surface area contributed by atoms with Gasteiger partial charge in [0.15, 0.2) is 5.69 Å². The monoisotopic (exact) mass is 414 g/mol.